The molecule has 1 amide bonds. The molecule has 1 aliphatic rings. The number of nitrogens with one attached hydrogen (secondary N) is 1. The molecule has 0 unspecified atom stereocenters. The van der Waals surface area contributed by atoms with Gasteiger partial charge in [-0.3, -0.25) is 9.69 Å². The van der Waals surface area contributed by atoms with Gasteiger partial charge in [0.25, 0.3) is 0 Å². The fraction of sp³-hybridized carbons (Fsp3) is 0.400. The maximum Gasteiger partial charge on any atom is 0.244 e. The number of hydrogen-bond acceptors (Lipinski definition) is 4. The number of furan rings is 1. The van der Waals surface area contributed by atoms with Crippen LogP contribution in [-0.2, 0) is 9.53 Å². The van der Waals surface area contributed by atoms with E-state index in [0.29, 0.717) is 12.3 Å². The van der Waals surface area contributed by atoms with Crippen molar-refractivity contribution in [1.29, 1.82) is 0 Å². The molecule has 0 saturated carbocycles. The molecule has 1 aromatic rings. The van der Waals surface area contributed by atoms with Crippen molar-refractivity contribution in [3.05, 3.63) is 30.2 Å². The van der Waals surface area contributed by atoms with Crippen LogP contribution in [0.25, 0.3) is 6.08 Å². The van der Waals surface area contributed by atoms with E-state index in [0.717, 1.165) is 32.8 Å². The third-order valence-corrected chi connectivity index (χ3v) is 2.82. The first-order valence-corrected chi connectivity index (χ1v) is 6.60. The second-order valence-electron chi connectivity index (χ2n) is 4.31. The number of hydrogen-bond donors (Lipinski definition) is 1. The smallest absolute Gasteiger partial charge is 0.244 e. The summed E-state index contributed by atoms with van der Waals surface area (Å²) in [7, 11) is 0. The van der Waals surface area contributed by atoms with E-state index in [1.54, 1.807) is 24.5 Å². The van der Waals surface area contributed by atoms with E-state index in [1.165, 1.54) is 6.08 Å². The van der Waals surface area contributed by atoms with Gasteiger partial charge in [0.1, 0.15) is 5.76 Å². The molecule has 0 bridgehead atoms. The van der Waals surface area contributed by atoms with Crippen LogP contribution < -0.4 is 5.32 Å². The molecular formula is C15H18N2O3. The van der Waals surface area contributed by atoms with Crippen molar-refractivity contribution in [3.8, 4) is 11.8 Å². The molecule has 0 radical (unpaired) electrons. The summed E-state index contributed by atoms with van der Waals surface area (Å²) in [5.74, 6) is 6.45. The molecule has 106 valence electrons. The Morgan fingerprint density at radius 2 is 2.25 bits per heavy atom. The normalized spacial score (nSPS) is 15.8. The summed E-state index contributed by atoms with van der Waals surface area (Å²) in [6.07, 6.45) is 4.62. The predicted molar refractivity (Wildman–Crippen MR) is 75.8 cm³/mol. The lowest BCUT2D eigenvalue weighted by atomic mass is 10.4. The Morgan fingerprint density at radius 1 is 1.40 bits per heavy atom. The van der Waals surface area contributed by atoms with Gasteiger partial charge in [-0.2, -0.15) is 0 Å². The molecule has 0 aliphatic carbocycles. The third-order valence-electron chi connectivity index (χ3n) is 2.82. The minimum Gasteiger partial charge on any atom is -0.465 e. The van der Waals surface area contributed by atoms with E-state index < -0.39 is 0 Å². The largest absolute Gasteiger partial charge is 0.465 e. The molecule has 0 spiro atoms. The molecule has 5 heteroatoms. The SMILES string of the molecule is O=C(C=Cc1ccco1)NCC#CCN1CCOCC1. The quantitative estimate of drug-likeness (QED) is 0.650. The first-order valence-electron chi connectivity index (χ1n) is 6.60. The van der Waals surface area contributed by atoms with Crippen molar-refractivity contribution in [2.45, 2.75) is 0 Å². The third kappa shape index (κ3) is 5.31. The lowest BCUT2D eigenvalue weighted by Crippen LogP contribution is -2.36. The Balaban J connectivity index is 1.61. The van der Waals surface area contributed by atoms with Crippen molar-refractivity contribution in [1.82, 2.24) is 10.2 Å². The van der Waals surface area contributed by atoms with Crippen LogP contribution in [0.4, 0.5) is 0 Å². The molecule has 0 atom stereocenters. The van der Waals surface area contributed by atoms with Gasteiger partial charge in [0, 0.05) is 19.2 Å². The van der Waals surface area contributed by atoms with Gasteiger partial charge in [0.05, 0.1) is 32.6 Å². The van der Waals surface area contributed by atoms with E-state index in [9.17, 15) is 4.79 Å². The highest BCUT2D eigenvalue weighted by Crippen LogP contribution is 2.01. The van der Waals surface area contributed by atoms with E-state index >= 15 is 0 Å². The van der Waals surface area contributed by atoms with Gasteiger partial charge in [-0.1, -0.05) is 11.8 Å². The maximum absolute atomic E-state index is 11.5. The Hall–Kier alpha value is -2.03. The fourth-order valence-electron chi connectivity index (χ4n) is 1.72. The zero-order chi connectivity index (χ0) is 14.0. The van der Waals surface area contributed by atoms with Gasteiger partial charge in [-0.05, 0) is 18.2 Å². The van der Waals surface area contributed by atoms with Gasteiger partial charge >= 0.3 is 0 Å². The monoisotopic (exact) mass is 274 g/mol. The summed E-state index contributed by atoms with van der Waals surface area (Å²) in [6.45, 7) is 4.47. The molecule has 1 aromatic heterocycles. The zero-order valence-electron chi connectivity index (χ0n) is 11.3. The molecule has 2 heterocycles. The standard InChI is InChI=1S/C15H18N2O3/c18-15(6-5-14-4-3-11-20-14)16-7-1-2-8-17-9-12-19-13-10-17/h3-6,11H,7-10,12-13H2,(H,16,18). The number of rotatable bonds is 4. The molecule has 2 rings (SSSR count). The lowest BCUT2D eigenvalue weighted by Gasteiger charge is -2.24. The highest BCUT2D eigenvalue weighted by atomic mass is 16.5. The molecule has 1 fully saturated rings. The summed E-state index contributed by atoms with van der Waals surface area (Å²) in [5.41, 5.74) is 0. The van der Waals surface area contributed by atoms with Gasteiger partial charge in [-0.25, -0.2) is 0 Å². The Bertz CT molecular complexity index is 491. The van der Waals surface area contributed by atoms with E-state index in [1.807, 2.05) is 0 Å². The lowest BCUT2D eigenvalue weighted by molar-refractivity contribution is -0.116. The highest BCUT2D eigenvalue weighted by molar-refractivity contribution is 5.91. The van der Waals surface area contributed by atoms with Crippen LogP contribution in [0.5, 0.6) is 0 Å². The Morgan fingerprint density at radius 3 is 3.00 bits per heavy atom. The van der Waals surface area contributed by atoms with Crippen molar-refractivity contribution in [2.24, 2.45) is 0 Å². The second kappa shape index (κ2) is 8.20. The average Bonchev–Trinajstić information content (AvgIpc) is 2.99. The first-order chi connectivity index (χ1) is 9.84. The van der Waals surface area contributed by atoms with Crippen molar-refractivity contribution in [2.75, 3.05) is 39.4 Å². The molecule has 5 nitrogen and oxygen atoms in total. The molecular weight excluding hydrogens is 256 g/mol. The van der Waals surface area contributed by atoms with Crippen molar-refractivity contribution < 1.29 is 13.9 Å². The van der Waals surface area contributed by atoms with Gasteiger partial charge in [0.2, 0.25) is 5.91 Å². The van der Waals surface area contributed by atoms with Crippen molar-refractivity contribution in [3.63, 3.8) is 0 Å². The summed E-state index contributed by atoms with van der Waals surface area (Å²) in [6, 6.07) is 3.56. The number of nitrogens with zero attached hydrogens (tertiary/aromatic N) is 1. The topological polar surface area (TPSA) is 54.7 Å². The van der Waals surface area contributed by atoms with Crippen LogP contribution in [0, 0.1) is 11.8 Å². The van der Waals surface area contributed by atoms with E-state index in [-0.39, 0.29) is 5.91 Å². The van der Waals surface area contributed by atoms with Crippen LogP contribution in [0.15, 0.2) is 28.9 Å². The maximum atomic E-state index is 11.5. The molecule has 1 N–H and O–H groups in total. The van der Waals surface area contributed by atoms with Crippen LogP contribution in [0.3, 0.4) is 0 Å². The average molecular weight is 274 g/mol. The van der Waals surface area contributed by atoms with Crippen LogP contribution in [0.2, 0.25) is 0 Å². The zero-order valence-corrected chi connectivity index (χ0v) is 11.3. The molecule has 1 saturated heterocycles. The van der Waals surface area contributed by atoms with Crippen molar-refractivity contribution >= 4 is 12.0 Å². The Kier molecular flexibility index (Phi) is 5.90. The highest BCUT2D eigenvalue weighted by Gasteiger charge is 2.07. The molecule has 0 aromatic carbocycles. The second-order valence-corrected chi connectivity index (χ2v) is 4.31. The number of amides is 1. The number of morpholine rings is 1. The first kappa shape index (κ1) is 14.4. The van der Waals surface area contributed by atoms with Crippen LogP contribution in [0.1, 0.15) is 5.76 Å². The number of carbonyl (C=O) groups is 1. The minimum absolute atomic E-state index is 0.179. The number of carbonyl (C=O) groups excluding carboxylic acids is 1. The van der Waals surface area contributed by atoms with E-state index in [2.05, 4.69) is 22.1 Å². The molecule has 20 heavy (non-hydrogen) atoms. The summed E-state index contributed by atoms with van der Waals surface area (Å²) in [5, 5.41) is 2.70. The Labute approximate surface area is 118 Å². The van der Waals surface area contributed by atoms with Crippen LogP contribution in [-0.4, -0.2) is 50.2 Å². The van der Waals surface area contributed by atoms with E-state index in [4.69, 9.17) is 9.15 Å². The summed E-state index contributed by atoms with van der Waals surface area (Å²) >= 11 is 0. The van der Waals surface area contributed by atoms with Gasteiger partial charge in [0.15, 0.2) is 0 Å². The van der Waals surface area contributed by atoms with Gasteiger partial charge < -0.3 is 14.5 Å². The van der Waals surface area contributed by atoms with Gasteiger partial charge in [-0.15, -0.1) is 0 Å². The number of ether oxygens (including phenoxy) is 1. The van der Waals surface area contributed by atoms with Crippen LogP contribution >= 0.6 is 0 Å². The molecule has 1 aliphatic heterocycles. The fourth-order valence-corrected chi connectivity index (χ4v) is 1.72. The summed E-state index contributed by atoms with van der Waals surface area (Å²) in [4.78, 5) is 13.7. The predicted octanol–water partition coefficient (Wildman–Crippen LogP) is 0.745. The summed E-state index contributed by atoms with van der Waals surface area (Å²) < 4.78 is 10.3. The minimum atomic E-state index is -0.179.